The number of imide groups is 2. The number of nitrogens with one attached hydrogen (secondary N) is 1. The average molecular weight is 353 g/mol. The summed E-state index contributed by atoms with van der Waals surface area (Å²) in [4.78, 5) is 38.1. The fraction of sp³-hybridized carbons (Fsp3) is 0.400. The molecule has 0 spiro atoms. The van der Waals surface area contributed by atoms with Crippen molar-refractivity contribution in [2.24, 2.45) is 5.41 Å². The normalized spacial score (nSPS) is 17.9. The van der Waals surface area contributed by atoms with Gasteiger partial charge in [0.15, 0.2) is 0 Å². The van der Waals surface area contributed by atoms with Crippen molar-refractivity contribution < 1.29 is 14.4 Å². The molecule has 6 heteroatoms. The van der Waals surface area contributed by atoms with Crippen LogP contribution in [0.5, 0.6) is 0 Å². The number of carbonyl (C=O) groups is 3. The Kier molecular flexibility index (Phi) is 4.18. The third-order valence-electron chi connectivity index (χ3n) is 4.02. The molecule has 0 radical (unpaired) electrons. The average Bonchev–Trinajstić information content (AvgIpc) is 2.42. The fourth-order valence-corrected chi connectivity index (χ4v) is 3.23. The number of aryl methyl sites for hydroxylation is 1. The molecule has 1 aromatic rings. The first-order valence-electron chi connectivity index (χ1n) is 6.83. The lowest BCUT2D eigenvalue weighted by molar-refractivity contribution is -0.143. The highest BCUT2D eigenvalue weighted by atomic mass is 79.9. The van der Waals surface area contributed by atoms with Gasteiger partial charge in [-0.2, -0.15) is 0 Å². The predicted molar refractivity (Wildman–Crippen MR) is 82.9 cm³/mol. The summed E-state index contributed by atoms with van der Waals surface area (Å²) < 4.78 is 0.640. The Morgan fingerprint density at radius 2 is 1.81 bits per heavy atom. The first-order valence-corrected chi connectivity index (χ1v) is 7.62. The third kappa shape index (κ3) is 2.37. The van der Waals surface area contributed by atoms with E-state index in [0.29, 0.717) is 23.0 Å². The van der Waals surface area contributed by atoms with Crippen molar-refractivity contribution in [1.29, 1.82) is 0 Å². The molecular formula is C15H17BrN2O3. The van der Waals surface area contributed by atoms with Crippen molar-refractivity contribution in [2.45, 2.75) is 33.6 Å². The number of amides is 4. The number of urea groups is 1. The molecule has 1 heterocycles. The lowest BCUT2D eigenvalue weighted by Gasteiger charge is -2.38. The van der Waals surface area contributed by atoms with E-state index in [1.54, 1.807) is 19.9 Å². The lowest BCUT2D eigenvalue weighted by atomic mass is 9.78. The van der Waals surface area contributed by atoms with E-state index in [9.17, 15) is 14.4 Å². The Labute approximate surface area is 131 Å². The van der Waals surface area contributed by atoms with Gasteiger partial charge in [-0.1, -0.05) is 19.9 Å². The second-order valence-electron chi connectivity index (χ2n) is 5.14. The van der Waals surface area contributed by atoms with Crippen LogP contribution in [0.15, 0.2) is 22.7 Å². The number of anilines is 1. The summed E-state index contributed by atoms with van der Waals surface area (Å²) in [5.41, 5.74) is 0.267. The van der Waals surface area contributed by atoms with Gasteiger partial charge in [0.05, 0.1) is 5.69 Å². The van der Waals surface area contributed by atoms with Crippen molar-refractivity contribution in [3.05, 3.63) is 28.2 Å². The number of benzene rings is 1. The van der Waals surface area contributed by atoms with Gasteiger partial charge in [-0.15, -0.1) is 0 Å². The molecule has 1 N–H and O–H groups in total. The molecule has 0 saturated carbocycles. The van der Waals surface area contributed by atoms with Gasteiger partial charge in [0, 0.05) is 4.47 Å². The van der Waals surface area contributed by atoms with E-state index < -0.39 is 23.3 Å². The first-order chi connectivity index (χ1) is 9.87. The zero-order valence-corrected chi connectivity index (χ0v) is 13.8. The molecule has 0 aliphatic carbocycles. The van der Waals surface area contributed by atoms with E-state index >= 15 is 0 Å². The largest absolute Gasteiger partial charge is 0.335 e. The Bertz CT molecular complexity index is 623. The molecule has 2 rings (SSSR count). The van der Waals surface area contributed by atoms with E-state index in [1.807, 2.05) is 19.1 Å². The number of hydrogen-bond acceptors (Lipinski definition) is 3. The van der Waals surface area contributed by atoms with Crippen molar-refractivity contribution in [3.8, 4) is 0 Å². The van der Waals surface area contributed by atoms with E-state index in [1.165, 1.54) is 0 Å². The molecule has 1 saturated heterocycles. The summed E-state index contributed by atoms with van der Waals surface area (Å²) in [6.07, 6.45) is 0.697. The zero-order chi connectivity index (χ0) is 15.8. The Morgan fingerprint density at radius 3 is 2.33 bits per heavy atom. The second-order valence-corrected chi connectivity index (χ2v) is 6.00. The topological polar surface area (TPSA) is 66.5 Å². The van der Waals surface area contributed by atoms with Crippen LogP contribution in [0.4, 0.5) is 10.5 Å². The van der Waals surface area contributed by atoms with E-state index in [4.69, 9.17) is 0 Å². The number of nitrogens with zero attached hydrogens (tertiary/aromatic N) is 1. The Hall–Kier alpha value is -1.69. The molecular weight excluding hydrogens is 336 g/mol. The quantitative estimate of drug-likeness (QED) is 0.849. The van der Waals surface area contributed by atoms with Crippen LogP contribution in [0.2, 0.25) is 0 Å². The van der Waals surface area contributed by atoms with E-state index in [-0.39, 0.29) is 0 Å². The van der Waals surface area contributed by atoms with Crippen molar-refractivity contribution in [2.75, 3.05) is 4.90 Å². The van der Waals surface area contributed by atoms with Gasteiger partial charge < -0.3 is 0 Å². The van der Waals surface area contributed by atoms with Crippen molar-refractivity contribution >= 4 is 39.5 Å². The minimum atomic E-state index is -1.18. The molecule has 1 aliphatic rings. The van der Waals surface area contributed by atoms with Crippen LogP contribution < -0.4 is 10.2 Å². The SMILES string of the molecule is CCC1(CC)C(=O)NC(=O)N(c2ccc(C)cc2Br)C1=O. The van der Waals surface area contributed by atoms with E-state index in [2.05, 4.69) is 21.2 Å². The number of hydrogen-bond donors (Lipinski definition) is 1. The number of rotatable bonds is 3. The maximum atomic E-state index is 12.8. The van der Waals surface area contributed by atoms with Crippen LogP contribution in [-0.4, -0.2) is 17.8 Å². The molecule has 112 valence electrons. The van der Waals surface area contributed by atoms with Crippen LogP contribution in [0, 0.1) is 12.3 Å². The summed E-state index contributed by atoms with van der Waals surface area (Å²) in [7, 11) is 0. The third-order valence-corrected chi connectivity index (χ3v) is 4.66. The number of halogens is 1. The van der Waals surface area contributed by atoms with Gasteiger partial charge in [-0.05, 0) is 53.4 Å². The number of barbiturate groups is 1. The first kappa shape index (κ1) is 15.7. The molecule has 0 atom stereocenters. The highest BCUT2D eigenvalue weighted by Crippen LogP contribution is 2.37. The van der Waals surface area contributed by atoms with Gasteiger partial charge in [-0.3, -0.25) is 14.9 Å². The Morgan fingerprint density at radius 1 is 1.19 bits per heavy atom. The summed E-state index contributed by atoms with van der Waals surface area (Å²) in [5.74, 6) is -0.979. The monoisotopic (exact) mass is 352 g/mol. The molecule has 4 amide bonds. The zero-order valence-electron chi connectivity index (χ0n) is 12.2. The highest BCUT2D eigenvalue weighted by molar-refractivity contribution is 9.10. The van der Waals surface area contributed by atoms with Crippen LogP contribution >= 0.6 is 15.9 Å². The smallest absolute Gasteiger partial charge is 0.276 e. The molecule has 21 heavy (non-hydrogen) atoms. The van der Waals surface area contributed by atoms with Gasteiger partial charge in [0.25, 0.3) is 5.91 Å². The molecule has 0 aromatic heterocycles. The van der Waals surface area contributed by atoms with Crippen molar-refractivity contribution in [3.63, 3.8) is 0 Å². The molecule has 1 aromatic carbocycles. The van der Waals surface area contributed by atoms with E-state index in [0.717, 1.165) is 10.5 Å². The van der Waals surface area contributed by atoms with Crippen LogP contribution in [0.25, 0.3) is 0 Å². The summed E-state index contributed by atoms with van der Waals surface area (Å²) >= 11 is 3.38. The van der Waals surface area contributed by atoms with Gasteiger partial charge in [0.2, 0.25) is 5.91 Å². The number of carbonyl (C=O) groups excluding carboxylic acids is 3. The molecule has 1 fully saturated rings. The standard InChI is InChI=1S/C15H17BrN2O3/c1-4-15(5-2)12(19)17-14(21)18(13(15)20)11-7-6-9(3)8-10(11)16/h6-8H,4-5H2,1-3H3,(H,17,19,21). The van der Waals surface area contributed by atoms with Gasteiger partial charge in [-0.25, -0.2) is 9.69 Å². The predicted octanol–water partition coefficient (Wildman–Crippen LogP) is 3.15. The molecule has 1 aliphatic heterocycles. The van der Waals surface area contributed by atoms with Crippen molar-refractivity contribution in [1.82, 2.24) is 5.32 Å². The lowest BCUT2D eigenvalue weighted by Crippen LogP contribution is -2.64. The molecule has 5 nitrogen and oxygen atoms in total. The van der Waals surface area contributed by atoms with Crippen LogP contribution in [0.3, 0.4) is 0 Å². The molecule has 0 unspecified atom stereocenters. The Balaban J connectivity index is 2.54. The second kappa shape index (κ2) is 5.60. The molecule has 0 bridgehead atoms. The minimum Gasteiger partial charge on any atom is -0.276 e. The highest BCUT2D eigenvalue weighted by Gasteiger charge is 2.52. The van der Waals surface area contributed by atoms with Gasteiger partial charge >= 0.3 is 6.03 Å². The minimum absolute atomic E-state index is 0.349. The van der Waals surface area contributed by atoms with Gasteiger partial charge in [0.1, 0.15) is 5.41 Å². The van der Waals surface area contributed by atoms with Crippen LogP contribution in [-0.2, 0) is 9.59 Å². The maximum Gasteiger partial charge on any atom is 0.335 e. The van der Waals surface area contributed by atoms with Crippen LogP contribution in [0.1, 0.15) is 32.3 Å². The summed E-state index contributed by atoms with van der Waals surface area (Å²) in [6, 6.07) is 4.64. The maximum absolute atomic E-state index is 12.8. The summed E-state index contributed by atoms with van der Waals surface area (Å²) in [5, 5.41) is 2.30. The fourth-order valence-electron chi connectivity index (χ4n) is 2.56. The summed E-state index contributed by atoms with van der Waals surface area (Å²) in [6.45, 7) is 5.47.